The number of benzene rings is 1. The van der Waals surface area contributed by atoms with Crippen LogP contribution in [0.5, 0.6) is 11.5 Å². The van der Waals surface area contributed by atoms with E-state index in [4.69, 9.17) is 9.47 Å². The number of carbonyl (C=O) groups is 1. The van der Waals surface area contributed by atoms with Crippen LogP contribution in [0.4, 0.5) is 0 Å². The zero-order valence-corrected chi connectivity index (χ0v) is 25.4. The second kappa shape index (κ2) is 10.1. The van der Waals surface area contributed by atoms with Crippen molar-refractivity contribution in [2.75, 3.05) is 20.6 Å². The third-order valence-corrected chi connectivity index (χ3v) is 9.71. The zero-order chi connectivity index (χ0) is 29.2. The fourth-order valence-corrected chi connectivity index (χ4v) is 7.27. The van der Waals surface area contributed by atoms with Gasteiger partial charge in [0.15, 0.2) is 11.5 Å². The summed E-state index contributed by atoms with van der Waals surface area (Å²) in [5.74, 6) is 0.838. The average Bonchev–Trinajstić information content (AvgIpc) is 3.51. The third-order valence-electron chi connectivity index (χ3n) is 9.71. The van der Waals surface area contributed by atoms with Crippen molar-refractivity contribution in [3.63, 3.8) is 0 Å². The second-order valence-corrected chi connectivity index (χ2v) is 12.6. The first-order valence-corrected chi connectivity index (χ1v) is 14.8. The highest BCUT2D eigenvalue weighted by Gasteiger charge is 2.49. The van der Waals surface area contributed by atoms with Crippen LogP contribution in [0.3, 0.4) is 0 Å². The fraction of sp³-hybridized carbons (Fsp3) is 0.515. The van der Waals surface area contributed by atoms with E-state index in [1.54, 1.807) is 4.90 Å². The topological polar surface area (TPSA) is 79.8 Å². The molecule has 1 N–H and O–H groups in total. The van der Waals surface area contributed by atoms with Crippen molar-refractivity contribution < 1.29 is 14.3 Å². The normalized spacial score (nSPS) is 23.8. The van der Waals surface area contributed by atoms with Gasteiger partial charge in [-0.1, -0.05) is 0 Å². The van der Waals surface area contributed by atoms with Gasteiger partial charge < -0.3 is 28.8 Å². The van der Waals surface area contributed by atoms with Crippen LogP contribution in [-0.2, 0) is 20.0 Å². The Morgan fingerprint density at radius 2 is 1.76 bits per heavy atom. The summed E-state index contributed by atoms with van der Waals surface area (Å²) in [6.07, 6.45) is 6.98. The lowest BCUT2D eigenvalue weighted by atomic mass is 9.81. The Balaban J connectivity index is 1.41. The number of fused-ring (bicyclic) bond motifs is 2. The minimum absolute atomic E-state index is 0.0647. The predicted molar refractivity (Wildman–Crippen MR) is 160 cm³/mol. The first-order valence-electron chi connectivity index (χ1n) is 14.8. The molecule has 3 aromatic rings. The highest BCUT2D eigenvalue weighted by atomic mass is 16.7. The van der Waals surface area contributed by atoms with Gasteiger partial charge in [-0.15, -0.1) is 0 Å². The molecule has 218 valence electrons. The van der Waals surface area contributed by atoms with Gasteiger partial charge in [-0.05, 0) is 96.3 Å². The Morgan fingerprint density at radius 1 is 1.05 bits per heavy atom. The van der Waals surface area contributed by atoms with Gasteiger partial charge in [-0.25, -0.2) is 0 Å². The number of H-pyrrole nitrogens is 1. The van der Waals surface area contributed by atoms with Crippen molar-refractivity contribution in [3.05, 3.63) is 68.3 Å². The maximum Gasteiger partial charge on any atom is 0.254 e. The minimum Gasteiger partial charge on any atom is -0.448 e. The summed E-state index contributed by atoms with van der Waals surface area (Å²) in [7, 11) is 6.33. The summed E-state index contributed by atoms with van der Waals surface area (Å²) in [6.45, 7) is 8.67. The standard InChI is InChI=1S/C33H42N4O4/c1-19-17-20(2)34-31(38)25(19)18-37-16-14-24-27(32(37)39)21(3)29-30(28(24)26-9-8-15-36(26)7)41-33(4,40-29)22-10-12-23(13-11-22)35(5)6/h8-9,15,17,22-23H,10-14,16,18H2,1-7H3,(H,34,38)/t22?,23?,33-/m1/s1. The average molecular weight is 559 g/mol. The molecule has 1 aromatic carbocycles. The lowest BCUT2D eigenvalue weighted by molar-refractivity contribution is -0.123. The maximum atomic E-state index is 14.2. The van der Waals surface area contributed by atoms with Crippen LogP contribution in [-0.4, -0.2) is 57.7 Å². The third kappa shape index (κ3) is 4.56. The van der Waals surface area contributed by atoms with Gasteiger partial charge in [0.2, 0.25) is 0 Å². The number of nitrogens with one attached hydrogen (secondary N) is 1. The lowest BCUT2D eigenvalue weighted by Gasteiger charge is -2.39. The zero-order valence-electron chi connectivity index (χ0n) is 25.4. The number of aromatic amines is 1. The van der Waals surface area contributed by atoms with E-state index in [0.717, 1.165) is 65.1 Å². The van der Waals surface area contributed by atoms with E-state index < -0.39 is 5.79 Å². The number of aromatic nitrogens is 2. The molecule has 2 aromatic heterocycles. The molecule has 6 rings (SSSR count). The van der Waals surface area contributed by atoms with Crippen molar-refractivity contribution in [1.29, 1.82) is 0 Å². The number of nitrogens with zero attached hydrogens (tertiary/aromatic N) is 3. The Kier molecular flexibility index (Phi) is 6.80. The molecule has 0 spiro atoms. The van der Waals surface area contributed by atoms with E-state index in [0.29, 0.717) is 35.9 Å². The van der Waals surface area contributed by atoms with Crippen LogP contribution < -0.4 is 15.0 Å². The van der Waals surface area contributed by atoms with E-state index >= 15 is 0 Å². The molecule has 0 unspecified atom stereocenters. The number of hydrogen-bond acceptors (Lipinski definition) is 5. The molecule has 4 heterocycles. The first kappa shape index (κ1) is 27.6. The van der Waals surface area contributed by atoms with E-state index in [9.17, 15) is 9.59 Å². The number of rotatable bonds is 5. The number of hydrogen-bond donors (Lipinski definition) is 1. The molecule has 3 aliphatic rings. The van der Waals surface area contributed by atoms with Crippen LogP contribution in [0.25, 0.3) is 11.3 Å². The van der Waals surface area contributed by atoms with Gasteiger partial charge in [0, 0.05) is 61.1 Å². The Labute approximate surface area is 242 Å². The molecule has 8 heteroatoms. The predicted octanol–water partition coefficient (Wildman–Crippen LogP) is 5.11. The van der Waals surface area contributed by atoms with Gasteiger partial charge in [0.25, 0.3) is 17.3 Å². The molecule has 41 heavy (non-hydrogen) atoms. The first-order chi connectivity index (χ1) is 19.5. The van der Waals surface area contributed by atoms with Gasteiger partial charge in [0.1, 0.15) is 0 Å². The van der Waals surface area contributed by atoms with E-state index in [1.165, 1.54) is 0 Å². The van der Waals surface area contributed by atoms with Gasteiger partial charge >= 0.3 is 0 Å². The van der Waals surface area contributed by atoms with Crippen LogP contribution in [0.15, 0.2) is 29.2 Å². The molecule has 1 aliphatic carbocycles. The molecule has 0 saturated heterocycles. The number of ether oxygens (including phenoxy) is 2. The van der Waals surface area contributed by atoms with Crippen molar-refractivity contribution in [2.24, 2.45) is 13.0 Å². The number of carbonyl (C=O) groups excluding carboxylic acids is 1. The Morgan fingerprint density at radius 3 is 2.39 bits per heavy atom. The quantitative estimate of drug-likeness (QED) is 0.471. The van der Waals surface area contributed by atoms with Crippen molar-refractivity contribution in [2.45, 2.75) is 78.2 Å². The molecule has 0 bridgehead atoms. The molecular formula is C33H42N4O4. The van der Waals surface area contributed by atoms with Crippen LogP contribution in [0, 0.1) is 26.7 Å². The number of pyridine rings is 1. The van der Waals surface area contributed by atoms with Gasteiger partial charge in [-0.2, -0.15) is 0 Å². The van der Waals surface area contributed by atoms with Crippen molar-refractivity contribution in [1.82, 2.24) is 19.4 Å². The van der Waals surface area contributed by atoms with Gasteiger partial charge in [-0.3, -0.25) is 9.59 Å². The highest BCUT2D eigenvalue weighted by molar-refractivity contribution is 6.02. The monoisotopic (exact) mass is 558 g/mol. The summed E-state index contributed by atoms with van der Waals surface area (Å²) >= 11 is 0. The SMILES string of the molecule is Cc1cc(C)c(CN2CCc3c(c(C)c4c(c3-c3cccn3C)O[C@](C)(C3CCC(N(C)C)CC3)O4)C2=O)c(=O)[nH]1. The second-order valence-electron chi connectivity index (χ2n) is 12.6. The summed E-state index contributed by atoms with van der Waals surface area (Å²) in [4.78, 5) is 34.0. The molecule has 1 saturated carbocycles. The molecule has 1 atom stereocenters. The summed E-state index contributed by atoms with van der Waals surface area (Å²) < 4.78 is 15.7. The maximum absolute atomic E-state index is 14.2. The number of aryl methyl sites for hydroxylation is 3. The summed E-state index contributed by atoms with van der Waals surface area (Å²) in [5.41, 5.74) is 6.69. The van der Waals surface area contributed by atoms with Crippen LogP contribution in [0.2, 0.25) is 0 Å². The van der Waals surface area contributed by atoms with Crippen molar-refractivity contribution >= 4 is 5.91 Å². The summed E-state index contributed by atoms with van der Waals surface area (Å²) in [6, 6.07) is 6.65. The van der Waals surface area contributed by atoms with Crippen molar-refractivity contribution in [3.8, 4) is 22.8 Å². The highest BCUT2D eigenvalue weighted by Crippen LogP contribution is 2.55. The van der Waals surface area contributed by atoms with Crippen LogP contribution in [0.1, 0.15) is 70.9 Å². The fourth-order valence-electron chi connectivity index (χ4n) is 7.27. The molecule has 1 amide bonds. The van der Waals surface area contributed by atoms with Gasteiger partial charge in [0.05, 0.1) is 17.8 Å². The van der Waals surface area contributed by atoms with Crippen LogP contribution >= 0.6 is 0 Å². The molecule has 8 nitrogen and oxygen atoms in total. The summed E-state index contributed by atoms with van der Waals surface area (Å²) in [5, 5.41) is 0. The molecular weight excluding hydrogens is 516 g/mol. The number of amides is 1. The largest absolute Gasteiger partial charge is 0.448 e. The molecule has 1 fully saturated rings. The van der Waals surface area contributed by atoms with E-state index in [-0.39, 0.29) is 23.9 Å². The van der Waals surface area contributed by atoms with E-state index in [2.05, 4.69) is 41.5 Å². The van der Waals surface area contributed by atoms with E-state index in [1.807, 2.05) is 46.1 Å². The molecule has 2 aliphatic heterocycles. The Bertz CT molecular complexity index is 1580. The molecule has 0 radical (unpaired) electrons. The smallest absolute Gasteiger partial charge is 0.254 e. The minimum atomic E-state index is -0.788. The Hall–Kier alpha value is -3.52. The lowest BCUT2D eigenvalue weighted by Crippen LogP contribution is -2.46.